The molecule has 0 fully saturated rings. The van der Waals surface area contributed by atoms with Crippen molar-refractivity contribution in [2.24, 2.45) is 7.05 Å². The largest absolute Gasteiger partial charge is 0.353 e. The maximum absolute atomic E-state index is 13.4. The Hall–Kier alpha value is -3.94. The highest BCUT2D eigenvalue weighted by molar-refractivity contribution is 5.97. The lowest BCUT2D eigenvalue weighted by atomic mass is 10.1. The molecule has 0 bridgehead atoms. The predicted molar refractivity (Wildman–Crippen MR) is 125 cm³/mol. The molecule has 1 heterocycles. The number of nitrogens with zero attached hydrogens (tertiary/aromatic N) is 4. The van der Waals surface area contributed by atoms with Gasteiger partial charge in [-0.15, -0.1) is 0 Å². The minimum Gasteiger partial charge on any atom is -0.353 e. The minimum absolute atomic E-state index is 0.105. The summed E-state index contributed by atoms with van der Waals surface area (Å²) in [6.45, 7) is 3.01. The van der Waals surface area contributed by atoms with Gasteiger partial charge in [0.2, 0.25) is 5.91 Å². The van der Waals surface area contributed by atoms with Crippen molar-refractivity contribution in [3.05, 3.63) is 99.9 Å². The van der Waals surface area contributed by atoms with Gasteiger partial charge < -0.3 is 14.4 Å². The summed E-state index contributed by atoms with van der Waals surface area (Å²) in [6, 6.07) is 19.2. The van der Waals surface area contributed by atoms with Crippen molar-refractivity contribution in [1.29, 1.82) is 0 Å². The van der Waals surface area contributed by atoms with Gasteiger partial charge in [-0.2, -0.15) is 0 Å². The summed E-state index contributed by atoms with van der Waals surface area (Å²) in [6.07, 6.45) is 2.58. The molecule has 0 saturated heterocycles. The summed E-state index contributed by atoms with van der Waals surface area (Å²) in [7, 11) is 1.93. The highest BCUT2D eigenvalue weighted by Crippen LogP contribution is 2.16. The van der Waals surface area contributed by atoms with E-state index >= 15 is 0 Å². The second-order valence-electron chi connectivity index (χ2n) is 7.88. The first-order valence-corrected chi connectivity index (χ1v) is 10.8. The Morgan fingerprint density at radius 2 is 1.73 bits per heavy atom. The van der Waals surface area contributed by atoms with Crippen LogP contribution in [0.1, 0.15) is 35.0 Å². The van der Waals surface area contributed by atoms with Gasteiger partial charge in [0, 0.05) is 49.7 Å². The van der Waals surface area contributed by atoms with Gasteiger partial charge in [0.1, 0.15) is 6.54 Å². The molecule has 2 aromatic carbocycles. The lowest BCUT2D eigenvalue weighted by Gasteiger charge is -2.28. The van der Waals surface area contributed by atoms with E-state index in [1.54, 1.807) is 4.90 Å². The van der Waals surface area contributed by atoms with E-state index in [-0.39, 0.29) is 23.7 Å². The number of aromatic nitrogens is 1. The summed E-state index contributed by atoms with van der Waals surface area (Å²) in [5, 5.41) is 11.1. The third kappa shape index (κ3) is 6.29. The Balaban J connectivity index is 1.82. The van der Waals surface area contributed by atoms with Gasteiger partial charge in [-0.3, -0.25) is 19.7 Å². The molecule has 0 aliphatic heterocycles. The maximum Gasteiger partial charge on any atom is 0.270 e. The number of aryl methyl sites for hydroxylation is 1. The van der Waals surface area contributed by atoms with Gasteiger partial charge >= 0.3 is 0 Å². The average molecular weight is 449 g/mol. The molecule has 0 saturated carbocycles. The highest BCUT2D eigenvalue weighted by atomic mass is 16.6. The first-order chi connectivity index (χ1) is 15.9. The third-order valence-corrected chi connectivity index (χ3v) is 5.38. The van der Waals surface area contributed by atoms with Crippen LogP contribution in [0.25, 0.3) is 0 Å². The number of hydrogen-bond donors (Lipinski definition) is 0. The fourth-order valence-corrected chi connectivity index (χ4v) is 3.61. The minimum atomic E-state index is -0.534. The van der Waals surface area contributed by atoms with Crippen LogP contribution in [-0.2, 0) is 24.9 Å². The summed E-state index contributed by atoms with van der Waals surface area (Å²) >= 11 is 0. The molecule has 3 rings (SSSR count). The number of rotatable bonds is 10. The van der Waals surface area contributed by atoms with E-state index in [4.69, 9.17) is 0 Å². The van der Waals surface area contributed by atoms with Crippen LogP contribution in [-0.4, -0.2) is 44.2 Å². The molecule has 0 spiro atoms. The number of non-ortho nitro benzene ring substituents is 1. The Morgan fingerprint density at radius 1 is 0.970 bits per heavy atom. The SMILES string of the molecule is CCCN(CC(=O)N(Cc1ccccc1)Cc1cccn1C)C(=O)c1cccc([N+](=O)[O-])c1. The fourth-order valence-electron chi connectivity index (χ4n) is 3.61. The number of carbonyl (C=O) groups is 2. The fraction of sp³-hybridized carbons (Fsp3) is 0.280. The molecule has 0 unspecified atom stereocenters. The molecule has 0 N–H and O–H groups in total. The Kier molecular flexibility index (Phi) is 7.96. The number of amides is 2. The molecule has 172 valence electrons. The summed E-state index contributed by atoms with van der Waals surface area (Å²) < 4.78 is 1.96. The van der Waals surface area contributed by atoms with Crippen molar-refractivity contribution < 1.29 is 14.5 Å². The van der Waals surface area contributed by atoms with Crippen LogP contribution in [0.2, 0.25) is 0 Å². The topological polar surface area (TPSA) is 88.7 Å². The van der Waals surface area contributed by atoms with Crippen molar-refractivity contribution in [3.63, 3.8) is 0 Å². The smallest absolute Gasteiger partial charge is 0.270 e. The summed E-state index contributed by atoms with van der Waals surface area (Å²) in [5.74, 6) is -0.584. The molecule has 8 heteroatoms. The standard InChI is InChI=1S/C25H28N4O4/c1-3-14-27(25(31)21-11-7-12-22(16-21)29(32)33)19-24(30)28(17-20-9-5-4-6-10-20)18-23-13-8-15-26(23)2/h4-13,15-16H,3,14,17-19H2,1-2H3. The van der Waals surface area contributed by atoms with Crippen molar-refractivity contribution in [2.45, 2.75) is 26.4 Å². The summed E-state index contributed by atoms with van der Waals surface area (Å²) in [4.78, 5) is 40.3. The van der Waals surface area contributed by atoms with E-state index in [1.807, 2.05) is 67.2 Å². The van der Waals surface area contributed by atoms with Gasteiger partial charge in [0.15, 0.2) is 0 Å². The van der Waals surface area contributed by atoms with Crippen LogP contribution in [0.3, 0.4) is 0 Å². The third-order valence-electron chi connectivity index (χ3n) is 5.38. The zero-order chi connectivity index (χ0) is 23.8. The zero-order valence-corrected chi connectivity index (χ0v) is 18.9. The van der Waals surface area contributed by atoms with Crippen LogP contribution in [0.15, 0.2) is 72.9 Å². The predicted octanol–water partition coefficient (Wildman–Crippen LogP) is 4.01. The molecule has 0 aliphatic carbocycles. The van der Waals surface area contributed by atoms with E-state index in [2.05, 4.69) is 0 Å². The lowest BCUT2D eigenvalue weighted by molar-refractivity contribution is -0.384. The van der Waals surface area contributed by atoms with Gasteiger partial charge in [0.25, 0.3) is 11.6 Å². The number of nitro benzene ring substituents is 1. The van der Waals surface area contributed by atoms with Crippen LogP contribution in [0.4, 0.5) is 5.69 Å². The Morgan fingerprint density at radius 3 is 2.36 bits per heavy atom. The normalized spacial score (nSPS) is 10.6. The quantitative estimate of drug-likeness (QED) is 0.346. The van der Waals surface area contributed by atoms with Crippen molar-refractivity contribution in [1.82, 2.24) is 14.4 Å². The number of hydrogen-bond acceptors (Lipinski definition) is 4. The van der Waals surface area contributed by atoms with Gasteiger partial charge in [0.05, 0.1) is 11.5 Å². The molecule has 33 heavy (non-hydrogen) atoms. The van der Waals surface area contributed by atoms with Crippen molar-refractivity contribution >= 4 is 17.5 Å². The molecule has 3 aromatic rings. The molecule has 0 radical (unpaired) electrons. The number of nitro groups is 1. The monoisotopic (exact) mass is 448 g/mol. The highest BCUT2D eigenvalue weighted by Gasteiger charge is 2.24. The molecular formula is C25H28N4O4. The van der Waals surface area contributed by atoms with Crippen LogP contribution in [0, 0.1) is 10.1 Å². The summed E-state index contributed by atoms with van der Waals surface area (Å²) in [5.41, 5.74) is 2.01. The van der Waals surface area contributed by atoms with E-state index < -0.39 is 10.8 Å². The van der Waals surface area contributed by atoms with Crippen molar-refractivity contribution in [3.8, 4) is 0 Å². The van der Waals surface area contributed by atoms with Gasteiger partial charge in [-0.1, -0.05) is 43.3 Å². The molecular weight excluding hydrogens is 420 g/mol. The number of benzene rings is 2. The van der Waals surface area contributed by atoms with Crippen molar-refractivity contribution in [2.75, 3.05) is 13.1 Å². The van der Waals surface area contributed by atoms with Crippen LogP contribution >= 0.6 is 0 Å². The average Bonchev–Trinajstić information content (AvgIpc) is 3.22. The van der Waals surface area contributed by atoms with Gasteiger partial charge in [-0.05, 0) is 30.2 Å². The molecule has 0 aliphatic rings. The Bertz CT molecular complexity index is 1110. The van der Waals surface area contributed by atoms with E-state index in [9.17, 15) is 19.7 Å². The molecule has 0 atom stereocenters. The van der Waals surface area contributed by atoms with Crippen LogP contribution in [0.5, 0.6) is 0 Å². The molecule has 1 aromatic heterocycles. The second-order valence-corrected chi connectivity index (χ2v) is 7.88. The Labute approximate surface area is 193 Å². The van der Waals surface area contributed by atoms with E-state index in [0.29, 0.717) is 26.1 Å². The zero-order valence-electron chi connectivity index (χ0n) is 18.9. The lowest BCUT2D eigenvalue weighted by Crippen LogP contribution is -2.43. The van der Waals surface area contributed by atoms with Crippen LogP contribution < -0.4 is 0 Å². The second kappa shape index (κ2) is 11.1. The number of carbonyl (C=O) groups excluding carboxylic acids is 2. The van der Waals surface area contributed by atoms with E-state index in [0.717, 1.165) is 11.3 Å². The van der Waals surface area contributed by atoms with Gasteiger partial charge in [-0.25, -0.2) is 0 Å². The molecule has 8 nitrogen and oxygen atoms in total. The van der Waals surface area contributed by atoms with E-state index in [1.165, 1.54) is 29.2 Å². The maximum atomic E-state index is 13.4. The molecule has 2 amide bonds. The first kappa shape index (κ1) is 23.7. The first-order valence-electron chi connectivity index (χ1n) is 10.8.